The van der Waals surface area contributed by atoms with E-state index in [2.05, 4.69) is 22.0 Å². The number of ether oxygens (including phenoxy) is 1. The van der Waals surface area contributed by atoms with Crippen LogP contribution in [0.3, 0.4) is 0 Å². The van der Waals surface area contributed by atoms with Gasteiger partial charge in [-0.1, -0.05) is 28.1 Å². The van der Waals surface area contributed by atoms with Gasteiger partial charge < -0.3 is 9.84 Å². The van der Waals surface area contributed by atoms with Gasteiger partial charge in [0.25, 0.3) is 0 Å². The highest BCUT2D eigenvalue weighted by molar-refractivity contribution is 9.10. The van der Waals surface area contributed by atoms with Gasteiger partial charge in [-0.15, -0.1) is 0 Å². The van der Waals surface area contributed by atoms with Crippen LogP contribution in [-0.2, 0) is 0 Å². The summed E-state index contributed by atoms with van der Waals surface area (Å²) in [4.78, 5) is 0. The zero-order chi connectivity index (χ0) is 11.5. The van der Waals surface area contributed by atoms with Crippen LogP contribution in [0.2, 0.25) is 0 Å². The molecule has 0 radical (unpaired) electrons. The standard InChI is InChI=1S/C13H15BrO2/c1-16-12-8-10(14)6-7-11(12)13(15)9-4-2-3-5-9/h4,6-8,13,15H,2-3,5H2,1H3. The molecule has 0 aliphatic heterocycles. The van der Waals surface area contributed by atoms with Crippen LogP contribution in [0.5, 0.6) is 5.75 Å². The van der Waals surface area contributed by atoms with Gasteiger partial charge in [-0.25, -0.2) is 0 Å². The molecule has 0 saturated carbocycles. The lowest BCUT2D eigenvalue weighted by molar-refractivity contribution is 0.207. The second-order valence-electron chi connectivity index (χ2n) is 3.96. The van der Waals surface area contributed by atoms with Crippen molar-refractivity contribution in [3.8, 4) is 5.75 Å². The molecule has 0 fully saturated rings. The number of hydrogen-bond donors (Lipinski definition) is 1. The van der Waals surface area contributed by atoms with E-state index < -0.39 is 6.10 Å². The summed E-state index contributed by atoms with van der Waals surface area (Å²) in [5.74, 6) is 0.731. The predicted molar refractivity (Wildman–Crippen MR) is 67.6 cm³/mol. The topological polar surface area (TPSA) is 29.5 Å². The first-order chi connectivity index (χ1) is 7.72. The fourth-order valence-corrected chi connectivity index (χ4v) is 2.39. The third kappa shape index (κ3) is 2.30. The molecule has 0 amide bonds. The van der Waals surface area contributed by atoms with Gasteiger partial charge in [0.1, 0.15) is 11.9 Å². The van der Waals surface area contributed by atoms with Crippen molar-refractivity contribution >= 4 is 15.9 Å². The Kier molecular flexibility index (Phi) is 3.66. The highest BCUT2D eigenvalue weighted by Gasteiger charge is 2.19. The summed E-state index contributed by atoms with van der Waals surface area (Å²) in [6, 6.07) is 5.72. The van der Waals surface area contributed by atoms with Crippen LogP contribution < -0.4 is 4.74 Å². The zero-order valence-corrected chi connectivity index (χ0v) is 10.8. The van der Waals surface area contributed by atoms with Crippen molar-refractivity contribution in [1.82, 2.24) is 0 Å². The summed E-state index contributed by atoms with van der Waals surface area (Å²) in [5, 5.41) is 10.3. The maximum Gasteiger partial charge on any atom is 0.126 e. The summed E-state index contributed by atoms with van der Waals surface area (Å²) in [7, 11) is 1.63. The Morgan fingerprint density at radius 3 is 2.88 bits per heavy atom. The third-order valence-electron chi connectivity index (χ3n) is 2.92. The first-order valence-corrected chi connectivity index (χ1v) is 6.22. The molecule has 1 unspecified atom stereocenters. The monoisotopic (exact) mass is 282 g/mol. The van der Waals surface area contributed by atoms with Crippen molar-refractivity contribution in [3.63, 3.8) is 0 Å². The minimum atomic E-state index is -0.523. The fourth-order valence-electron chi connectivity index (χ4n) is 2.05. The maximum absolute atomic E-state index is 10.3. The molecule has 1 aromatic rings. The summed E-state index contributed by atoms with van der Waals surface area (Å²) in [6.07, 6.45) is 4.81. The molecule has 1 aliphatic rings. The van der Waals surface area contributed by atoms with Crippen LogP contribution in [-0.4, -0.2) is 12.2 Å². The van der Waals surface area contributed by atoms with Gasteiger partial charge in [0, 0.05) is 10.0 Å². The van der Waals surface area contributed by atoms with E-state index in [1.807, 2.05) is 18.2 Å². The van der Waals surface area contributed by atoms with Crippen LogP contribution in [0.15, 0.2) is 34.3 Å². The first-order valence-electron chi connectivity index (χ1n) is 5.43. The Hall–Kier alpha value is -0.800. The second kappa shape index (κ2) is 5.02. The molecule has 2 nitrogen and oxygen atoms in total. The number of hydrogen-bond acceptors (Lipinski definition) is 2. The smallest absolute Gasteiger partial charge is 0.126 e. The molecule has 1 aliphatic carbocycles. The SMILES string of the molecule is COc1cc(Br)ccc1C(O)C1=CCCC1. The molecular weight excluding hydrogens is 268 g/mol. The number of aliphatic hydroxyl groups is 1. The number of aliphatic hydroxyl groups excluding tert-OH is 1. The molecule has 86 valence electrons. The van der Waals surface area contributed by atoms with E-state index in [0.29, 0.717) is 0 Å². The first kappa shape index (κ1) is 11.7. The molecule has 2 rings (SSSR count). The summed E-state index contributed by atoms with van der Waals surface area (Å²) < 4.78 is 6.25. The van der Waals surface area contributed by atoms with Crippen molar-refractivity contribution in [2.24, 2.45) is 0 Å². The Morgan fingerprint density at radius 2 is 2.25 bits per heavy atom. The molecule has 0 heterocycles. The molecule has 1 aromatic carbocycles. The lowest BCUT2D eigenvalue weighted by Crippen LogP contribution is -2.02. The van der Waals surface area contributed by atoms with Crippen LogP contribution in [0, 0.1) is 0 Å². The number of rotatable bonds is 3. The molecule has 1 N–H and O–H groups in total. The van der Waals surface area contributed by atoms with Crippen molar-refractivity contribution in [3.05, 3.63) is 39.9 Å². The quantitative estimate of drug-likeness (QED) is 0.859. The molecular formula is C13H15BrO2. The largest absolute Gasteiger partial charge is 0.496 e. The molecule has 16 heavy (non-hydrogen) atoms. The van der Waals surface area contributed by atoms with E-state index >= 15 is 0 Å². The van der Waals surface area contributed by atoms with Crippen molar-refractivity contribution in [2.45, 2.75) is 25.4 Å². The molecule has 0 aromatic heterocycles. The van der Waals surface area contributed by atoms with Crippen LogP contribution in [0.4, 0.5) is 0 Å². The fraction of sp³-hybridized carbons (Fsp3) is 0.385. The number of halogens is 1. The van der Waals surface area contributed by atoms with Gasteiger partial charge >= 0.3 is 0 Å². The summed E-state index contributed by atoms with van der Waals surface area (Å²) in [5.41, 5.74) is 1.96. The molecule has 0 spiro atoms. The molecule has 0 saturated heterocycles. The average molecular weight is 283 g/mol. The van der Waals surface area contributed by atoms with Crippen molar-refractivity contribution in [1.29, 1.82) is 0 Å². The van der Waals surface area contributed by atoms with E-state index in [1.165, 1.54) is 0 Å². The maximum atomic E-state index is 10.3. The van der Waals surface area contributed by atoms with E-state index in [1.54, 1.807) is 7.11 Å². The number of benzene rings is 1. The van der Waals surface area contributed by atoms with E-state index in [9.17, 15) is 5.11 Å². The molecule has 1 atom stereocenters. The minimum absolute atomic E-state index is 0.523. The van der Waals surface area contributed by atoms with Gasteiger partial charge in [0.05, 0.1) is 7.11 Å². The Bertz CT molecular complexity index is 412. The van der Waals surface area contributed by atoms with Gasteiger partial charge in [0.15, 0.2) is 0 Å². The third-order valence-corrected chi connectivity index (χ3v) is 3.41. The van der Waals surface area contributed by atoms with Crippen molar-refractivity contribution in [2.75, 3.05) is 7.11 Å². The minimum Gasteiger partial charge on any atom is -0.496 e. The number of methoxy groups -OCH3 is 1. The second-order valence-corrected chi connectivity index (χ2v) is 4.88. The molecule has 0 bridgehead atoms. The van der Waals surface area contributed by atoms with Gasteiger partial charge in [-0.2, -0.15) is 0 Å². The van der Waals surface area contributed by atoms with Gasteiger partial charge in [-0.3, -0.25) is 0 Å². The van der Waals surface area contributed by atoms with Gasteiger partial charge in [-0.05, 0) is 37.0 Å². The van der Waals surface area contributed by atoms with Crippen LogP contribution in [0.1, 0.15) is 30.9 Å². The van der Waals surface area contributed by atoms with Gasteiger partial charge in [0.2, 0.25) is 0 Å². The van der Waals surface area contributed by atoms with E-state index in [-0.39, 0.29) is 0 Å². The Balaban J connectivity index is 2.31. The Labute approximate surface area is 104 Å². The summed E-state index contributed by atoms with van der Waals surface area (Å²) in [6.45, 7) is 0. The molecule has 3 heteroatoms. The van der Waals surface area contributed by atoms with Crippen LogP contribution in [0.25, 0.3) is 0 Å². The zero-order valence-electron chi connectivity index (χ0n) is 9.24. The normalized spacial score (nSPS) is 17.1. The van der Waals surface area contributed by atoms with Crippen molar-refractivity contribution < 1.29 is 9.84 Å². The highest BCUT2D eigenvalue weighted by Crippen LogP contribution is 2.36. The van der Waals surface area contributed by atoms with E-state index in [4.69, 9.17) is 4.74 Å². The van der Waals surface area contributed by atoms with Crippen LogP contribution >= 0.6 is 15.9 Å². The average Bonchev–Trinajstić information content (AvgIpc) is 2.81. The Morgan fingerprint density at radius 1 is 1.44 bits per heavy atom. The lowest BCUT2D eigenvalue weighted by Gasteiger charge is -2.16. The number of allylic oxidation sites excluding steroid dienone is 1. The predicted octanol–water partition coefficient (Wildman–Crippen LogP) is 3.60. The highest BCUT2D eigenvalue weighted by atomic mass is 79.9. The van der Waals surface area contributed by atoms with E-state index in [0.717, 1.165) is 40.6 Å². The summed E-state index contributed by atoms with van der Waals surface area (Å²) >= 11 is 3.39. The lowest BCUT2D eigenvalue weighted by atomic mass is 10.0.